The average molecular weight is 306 g/mol. The molecule has 0 amide bonds. The average Bonchev–Trinajstić information content (AvgIpc) is 2.50. The van der Waals surface area contributed by atoms with Crippen LogP contribution in [0.1, 0.15) is 12.8 Å². The number of rotatable bonds is 3. The molecular weight excluding hydrogens is 288 g/mol. The quantitative estimate of drug-likeness (QED) is 0.867. The van der Waals surface area contributed by atoms with Gasteiger partial charge in [-0.2, -0.15) is 0 Å². The molecule has 0 aromatic heterocycles. The summed E-state index contributed by atoms with van der Waals surface area (Å²) in [5, 5.41) is 19.7. The van der Waals surface area contributed by atoms with Gasteiger partial charge in [0.15, 0.2) is 0 Å². The number of carbonyl (C=O) groups excluding carboxylic acids is 1. The second-order valence-corrected chi connectivity index (χ2v) is 5.52. The first-order chi connectivity index (χ1) is 10.6. The molecule has 1 saturated carbocycles. The maximum absolute atomic E-state index is 12.5. The van der Waals surface area contributed by atoms with E-state index in [4.69, 9.17) is 14.2 Å². The van der Waals surface area contributed by atoms with Gasteiger partial charge in [0.1, 0.15) is 23.9 Å². The second-order valence-electron chi connectivity index (χ2n) is 5.52. The molecule has 1 aliphatic carbocycles. The topological polar surface area (TPSA) is 85.2 Å². The van der Waals surface area contributed by atoms with Crippen molar-refractivity contribution in [1.82, 2.24) is 0 Å². The molecule has 1 aliphatic heterocycles. The molecule has 0 bridgehead atoms. The largest absolute Gasteiger partial charge is 0.497 e. The number of aliphatic hydroxyl groups excluding tert-OH is 2. The van der Waals surface area contributed by atoms with E-state index in [0.717, 1.165) is 0 Å². The summed E-state index contributed by atoms with van der Waals surface area (Å²) in [5.74, 6) is 0.229. The molecule has 3 rings (SSSR count). The predicted molar refractivity (Wildman–Crippen MR) is 76.3 cm³/mol. The Morgan fingerprint density at radius 2 is 1.82 bits per heavy atom. The van der Waals surface area contributed by atoms with E-state index in [2.05, 4.69) is 0 Å². The summed E-state index contributed by atoms with van der Waals surface area (Å²) in [7, 11) is 1.57. The summed E-state index contributed by atoms with van der Waals surface area (Å²) in [5.41, 5.74) is 0. The lowest BCUT2D eigenvalue weighted by atomic mass is 9.78. The predicted octanol–water partition coefficient (Wildman–Crippen LogP) is 1.02. The third-order valence-electron chi connectivity index (χ3n) is 4.02. The van der Waals surface area contributed by atoms with Gasteiger partial charge in [-0.15, -0.1) is 0 Å². The van der Waals surface area contributed by atoms with Gasteiger partial charge < -0.3 is 24.4 Å². The van der Waals surface area contributed by atoms with Crippen LogP contribution in [0.25, 0.3) is 0 Å². The first-order valence-electron chi connectivity index (χ1n) is 7.16. The van der Waals surface area contributed by atoms with E-state index in [1.165, 1.54) is 6.26 Å². The summed E-state index contributed by atoms with van der Waals surface area (Å²) in [6, 6.07) is 6.80. The minimum absolute atomic E-state index is 0.0573. The Hall–Kier alpha value is -2.05. The Balaban J connectivity index is 1.75. The van der Waals surface area contributed by atoms with E-state index >= 15 is 0 Å². The summed E-state index contributed by atoms with van der Waals surface area (Å²) >= 11 is 0. The normalized spacial score (nSPS) is 30.9. The van der Waals surface area contributed by atoms with Crippen LogP contribution >= 0.6 is 0 Å². The second kappa shape index (κ2) is 5.98. The van der Waals surface area contributed by atoms with Crippen molar-refractivity contribution >= 4 is 5.78 Å². The molecule has 6 heteroatoms. The van der Waals surface area contributed by atoms with Gasteiger partial charge in [-0.05, 0) is 24.3 Å². The number of hydrogen-bond acceptors (Lipinski definition) is 6. The van der Waals surface area contributed by atoms with Crippen molar-refractivity contribution in [2.45, 2.75) is 31.2 Å². The van der Waals surface area contributed by atoms with Crippen molar-refractivity contribution in [3.05, 3.63) is 36.3 Å². The van der Waals surface area contributed by atoms with Gasteiger partial charge >= 0.3 is 0 Å². The maximum Gasteiger partial charge on any atom is 0.210 e. The Kier molecular flexibility index (Phi) is 4.04. The molecule has 0 radical (unpaired) electrons. The summed E-state index contributed by atoms with van der Waals surface area (Å²) < 4.78 is 16.1. The van der Waals surface area contributed by atoms with Crippen LogP contribution in [0.4, 0.5) is 0 Å². The number of methoxy groups -OCH3 is 1. The smallest absolute Gasteiger partial charge is 0.210 e. The SMILES string of the molecule is COc1ccc(OC2=COC3CC(O)CC(O)C3C2=O)cc1. The van der Waals surface area contributed by atoms with Crippen molar-refractivity contribution in [2.75, 3.05) is 7.11 Å². The fourth-order valence-corrected chi connectivity index (χ4v) is 2.88. The Morgan fingerprint density at radius 1 is 1.14 bits per heavy atom. The maximum atomic E-state index is 12.5. The lowest BCUT2D eigenvalue weighted by Gasteiger charge is -2.38. The molecule has 0 saturated heterocycles. The van der Waals surface area contributed by atoms with Crippen molar-refractivity contribution < 1.29 is 29.2 Å². The molecule has 1 aromatic rings. The standard InChI is InChI=1S/C16H18O6/c1-20-10-2-4-11(5-3-10)22-14-8-21-13-7-9(17)6-12(18)15(13)16(14)19/h2-5,8-9,12-13,15,17-18H,6-7H2,1H3. The summed E-state index contributed by atoms with van der Waals surface area (Å²) in [6.07, 6.45) is -0.315. The fourth-order valence-electron chi connectivity index (χ4n) is 2.88. The number of Topliss-reactive ketones (excluding diaryl/α,β-unsaturated/α-hetero) is 1. The van der Waals surface area contributed by atoms with Crippen molar-refractivity contribution in [1.29, 1.82) is 0 Å². The minimum atomic E-state index is -0.926. The molecule has 2 aliphatic rings. The highest BCUT2D eigenvalue weighted by Gasteiger charge is 2.46. The van der Waals surface area contributed by atoms with Gasteiger partial charge in [0, 0.05) is 12.8 Å². The van der Waals surface area contributed by atoms with Crippen LogP contribution in [-0.4, -0.2) is 41.4 Å². The summed E-state index contributed by atoms with van der Waals surface area (Å²) in [4.78, 5) is 12.5. The molecule has 6 nitrogen and oxygen atoms in total. The highest BCUT2D eigenvalue weighted by molar-refractivity contribution is 5.97. The number of ether oxygens (including phenoxy) is 3. The van der Waals surface area contributed by atoms with E-state index in [1.807, 2.05) is 0 Å². The first kappa shape index (κ1) is 14.9. The van der Waals surface area contributed by atoms with Crippen molar-refractivity contribution in [3.8, 4) is 11.5 Å². The molecule has 1 aromatic carbocycles. The van der Waals surface area contributed by atoms with E-state index < -0.39 is 24.2 Å². The number of benzene rings is 1. The lowest BCUT2D eigenvalue weighted by Crippen LogP contribution is -2.49. The molecule has 118 valence electrons. The van der Waals surface area contributed by atoms with Crippen LogP contribution in [0.15, 0.2) is 36.3 Å². The van der Waals surface area contributed by atoms with Crippen LogP contribution in [0, 0.1) is 5.92 Å². The highest BCUT2D eigenvalue weighted by atomic mass is 16.5. The van der Waals surface area contributed by atoms with Crippen LogP contribution in [0.3, 0.4) is 0 Å². The molecule has 4 unspecified atom stereocenters. The minimum Gasteiger partial charge on any atom is -0.497 e. The molecular formula is C16H18O6. The monoisotopic (exact) mass is 306 g/mol. The van der Waals surface area contributed by atoms with Gasteiger partial charge in [0.2, 0.25) is 11.5 Å². The highest BCUT2D eigenvalue weighted by Crippen LogP contribution is 2.34. The number of ketones is 1. The Labute approximate surface area is 127 Å². The van der Waals surface area contributed by atoms with Crippen LogP contribution in [0.5, 0.6) is 11.5 Å². The van der Waals surface area contributed by atoms with Gasteiger partial charge in [-0.3, -0.25) is 4.79 Å². The van der Waals surface area contributed by atoms with E-state index in [0.29, 0.717) is 17.9 Å². The Morgan fingerprint density at radius 3 is 2.50 bits per heavy atom. The van der Waals surface area contributed by atoms with Crippen LogP contribution in [0.2, 0.25) is 0 Å². The van der Waals surface area contributed by atoms with Crippen LogP contribution in [-0.2, 0) is 9.53 Å². The van der Waals surface area contributed by atoms with Gasteiger partial charge in [-0.25, -0.2) is 0 Å². The molecule has 1 heterocycles. The van der Waals surface area contributed by atoms with Gasteiger partial charge in [0.25, 0.3) is 0 Å². The van der Waals surface area contributed by atoms with Crippen molar-refractivity contribution in [2.24, 2.45) is 5.92 Å². The van der Waals surface area contributed by atoms with E-state index in [9.17, 15) is 15.0 Å². The van der Waals surface area contributed by atoms with E-state index in [1.54, 1.807) is 31.4 Å². The van der Waals surface area contributed by atoms with E-state index in [-0.39, 0.29) is 18.0 Å². The first-order valence-corrected chi connectivity index (χ1v) is 7.16. The molecule has 4 atom stereocenters. The number of carbonyl (C=O) groups is 1. The third kappa shape index (κ3) is 2.80. The van der Waals surface area contributed by atoms with Gasteiger partial charge in [0.05, 0.1) is 25.2 Å². The zero-order valence-corrected chi connectivity index (χ0v) is 12.1. The molecule has 2 N–H and O–H groups in total. The zero-order valence-electron chi connectivity index (χ0n) is 12.1. The Bertz CT molecular complexity index is 579. The summed E-state index contributed by atoms with van der Waals surface area (Å²) in [6.45, 7) is 0. The van der Waals surface area contributed by atoms with Crippen molar-refractivity contribution in [3.63, 3.8) is 0 Å². The third-order valence-corrected chi connectivity index (χ3v) is 4.02. The number of fused-ring (bicyclic) bond motifs is 1. The van der Waals surface area contributed by atoms with Crippen LogP contribution < -0.4 is 9.47 Å². The number of hydrogen-bond donors (Lipinski definition) is 2. The van der Waals surface area contributed by atoms with Gasteiger partial charge in [-0.1, -0.05) is 0 Å². The molecule has 1 fully saturated rings. The zero-order chi connectivity index (χ0) is 15.7. The number of aliphatic hydroxyl groups is 2. The molecule has 0 spiro atoms. The number of allylic oxidation sites excluding steroid dienone is 1. The fraction of sp³-hybridized carbons (Fsp3) is 0.438. The molecule has 22 heavy (non-hydrogen) atoms. The lowest BCUT2D eigenvalue weighted by molar-refractivity contribution is -0.143.